The van der Waals surface area contributed by atoms with Crippen LogP contribution in [0.2, 0.25) is 0 Å². The van der Waals surface area contributed by atoms with E-state index in [9.17, 15) is 4.79 Å². The monoisotopic (exact) mass is 323 g/mol. The minimum absolute atomic E-state index is 0.0661. The van der Waals surface area contributed by atoms with E-state index in [2.05, 4.69) is 15.5 Å². The number of nitrogens with one attached hydrogen (secondary N) is 1. The molecule has 6 heteroatoms. The summed E-state index contributed by atoms with van der Waals surface area (Å²) in [7, 11) is 1.60. The molecule has 2 aromatic carbocycles. The molecule has 3 rings (SSSR count). The van der Waals surface area contributed by atoms with Gasteiger partial charge in [0.05, 0.1) is 13.2 Å². The highest BCUT2D eigenvalue weighted by Gasteiger charge is 2.18. The molecule has 0 saturated heterocycles. The molecule has 24 heavy (non-hydrogen) atoms. The minimum Gasteiger partial charge on any atom is -0.497 e. The van der Waals surface area contributed by atoms with E-state index in [1.54, 1.807) is 31.4 Å². The third kappa shape index (κ3) is 3.43. The summed E-state index contributed by atoms with van der Waals surface area (Å²) < 4.78 is 10.6. The van der Waals surface area contributed by atoms with E-state index < -0.39 is 5.91 Å². The molecule has 0 aliphatic heterocycles. The molecule has 1 N–H and O–H groups in total. The fraction of sp³-hybridized carbons (Fsp3) is 0.167. The van der Waals surface area contributed by atoms with E-state index in [1.165, 1.54) is 0 Å². The quantitative estimate of drug-likeness (QED) is 0.780. The van der Waals surface area contributed by atoms with Gasteiger partial charge in [0.1, 0.15) is 5.75 Å². The van der Waals surface area contributed by atoms with E-state index in [4.69, 9.17) is 9.15 Å². The zero-order chi connectivity index (χ0) is 16.9. The molecule has 0 saturated carbocycles. The molecule has 0 aliphatic rings. The number of nitrogens with zero attached hydrogens (tertiary/aromatic N) is 2. The van der Waals surface area contributed by atoms with Crippen molar-refractivity contribution in [2.24, 2.45) is 0 Å². The molecule has 0 aliphatic carbocycles. The van der Waals surface area contributed by atoms with E-state index in [0.717, 1.165) is 16.9 Å². The third-order valence-corrected chi connectivity index (χ3v) is 3.60. The van der Waals surface area contributed by atoms with Gasteiger partial charge in [0.15, 0.2) is 0 Å². The topological polar surface area (TPSA) is 77.2 Å². The first kappa shape index (κ1) is 15.7. The number of carbonyl (C=O) groups excluding carboxylic acids is 1. The number of hydrogen-bond acceptors (Lipinski definition) is 5. The van der Waals surface area contributed by atoms with Gasteiger partial charge in [-0.3, -0.25) is 4.79 Å². The van der Waals surface area contributed by atoms with Crippen molar-refractivity contribution in [1.82, 2.24) is 15.5 Å². The maximum atomic E-state index is 12.2. The van der Waals surface area contributed by atoms with Crippen molar-refractivity contribution >= 4 is 5.91 Å². The Balaban J connectivity index is 1.71. The summed E-state index contributed by atoms with van der Waals surface area (Å²) in [5, 5.41) is 10.6. The summed E-state index contributed by atoms with van der Waals surface area (Å²) in [6.45, 7) is 1.90. The van der Waals surface area contributed by atoms with Gasteiger partial charge in [-0.05, 0) is 36.8 Å². The number of carbonyl (C=O) groups is 1. The molecule has 0 fully saturated rings. The summed E-state index contributed by atoms with van der Waals surface area (Å²) >= 11 is 0. The van der Waals surface area contributed by atoms with Gasteiger partial charge in [-0.2, -0.15) is 0 Å². The molecule has 122 valence electrons. The van der Waals surface area contributed by atoms with Crippen molar-refractivity contribution < 1.29 is 13.9 Å². The van der Waals surface area contributed by atoms with Gasteiger partial charge in [0.2, 0.25) is 5.89 Å². The SMILES string of the molecule is COc1ccc(-c2nnc(C(=O)N[C@@H](C)c3ccccc3)o2)cc1. The summed E-state index contributed by atoms with van der Waals surface area (Å²) in [6.07, 6.45) is 0. The number of aromatic nitrogens is 2. The van der Waals surface area contributed by atoms with Crippen molar-refractivity contribution in [3.05, 3.63) is 66.1 Å². The zero-order valence-corrected chi connectivity index (χ0v) is 13.4. The molecular formula is C18H17N3O3. The second-order valence-corrected chi connectivity index (χ2v) is 5.25. The van der Waals surface area contributed by atoms with Crippen molar-refractivity contribution in [3.8, 4) is 17.2 Å². The highest BCUT2D eigenvalue weighted by Crippen LogP contribution is 2.21. The van der Waals surface area contributed by atoms with Gasteiger partial charge >= 0.3 is 11.8 Å². The second kappa shape index (κ2) is 6.95. The molecule has 1 atom stereocenters. The van der Waals surface area contributed by atoms with Crippen LogP contribution in [-0.4, -0.2) is 23.2 Å². The van der Waals surface area contributed by atoms with Crippen molar-refractivity contribution in [1.29, 1.82) is 0 Å². The predicted molar refractivity (Wildman–Crippen MR) is 88.6 cm³/mol. The maximum Gasteiger partial charge on any atom is 0.309 e. The standard InChI is InChI=1S/C18H17N3O3/c1-12(13-6-4-3-5-7-13)19-16(22)18-21-20-17(24-18)14-8-10-15(23-2)11-9-14/h3-12H,1-2H3,(H,19,22)/t12-/m0/s1. The molecule has 0 radical (unpaired) electrons. The number of benzene rings is 2. The van der Waals surface area contributed by atoms with E-state index in [1.807, 2.05) is 37.3 Å². The minimum atomic E-state index is -0.404. The molecule has 3 aromatic rings. The molecular weight excluding hydrogens is 306 g/mol. The van der Waals surface area contributed by atoms with Gasteiger partial charge in [-0.25, -0.2) is 0 Å². The number of ether oxygens (including phenoxy) is 1. The lowest BCUT2D eigenvalue weighted by atomic mass is 10.1. The zero-order valence-electron chi connectivity index (χ0n) is 13.4. The van der Waals surface area contributed by atoms with Crippen LogP contribution in [0.3, 0.4) is 0 Å². The summed E-state index contributed by atoms with van der Waals surface area (Å²) in [6, 6.07) is 16.7. The van der Waals surface area contributed by atoms with Crippen molar-refractivity contribution in [2.45, 2.75) is 13.0 Å². The Labute approximate surface area is 139 Å². The molecule has 0 spiro atoms. The summed E-state index contributed by atoms with van der Waals surface area (Å²) in [4.78, 5) is 12.2. The Morgan fingerprint density at radius 3 is 2.46 bits per heavy atom. The summed E-state index contributed by atoms with van der Waals surface area (Å²) in [5.41, 5.74) is 1.72. The Bertz CT molecular complexity index is 813. The molecule has 1 aromatic heterocycles. The van der Waals surface area contributed by atoms with Crippen LogP contribution in [0.1, 0.15) is 29.2 Å². The third-order valence-electron chi connectivity index (χ3n) is 3.60. The van der Waals surface area contributed by atoms with Crippen LogP contribution in [0.5, 0.6) is 5.75 Å². The lowest BCUT2D eigenvalue weighted by Gasteiger charge is -2.12. The average Bonchev–Trinajstić information content (AvgIpc) is 3.13. The van der Waals surface area contributed by atoms with Crippen LogP contribution in [0.4, 0.5) is 0 Å². The highest BCUT2D eigenvalue weighted by molar-refractivity contribution is 5.90. The maximum absolute atomic E-state index is 12.2. The fourth-order valence-corrected chi connectivity index (χ4v) is 2.25. The van der Waals surface area contributed by atoms with E-state index in [0.29, 0.717) is 0 Å². The lowest BCUT2D eigenvalue weighted by molar-refractivity contribution is 0.0905. The highest BCUT2D eigenvalue weighted by atomic mass is 16.5. The number of hydrogen-bond donors (Lipinski definition) is 1. The van der Waals surface area contributed by atoms with Crippen LogP contribution < -0.4 is 10.1 Å². The second-order valence-electron chi connectivity index (χ2n) is 5.25. The fourth-order valence-electron chi connectivity index (χ4n) is 2.25. The van der Waals surface area contributed by atoms with Crippen LogP contribution in [-0.2, 0) is 0 Å². The number of methoxy groups -OCH3 is 1. The normalized spacial score (nSPS) is 11.8. The summed E-state index contributed by atoms with van der Waals surface area (Å²) in [5.74, 6) is 0.547. The van der Waals surface area contributed by atoms with E-state index >= 15 is 0 Å². The van der Waals surface area contributed by atoms with Crippen LogP contribution in [0.25, 0.3) is 11.5 Å². The smallest absolute Gasteiger partial charge is 0.309 e. The van der Waals surface area contributed by atoms with Crippen molar-refractivity contribution in [3.63, 3.8) is 0 Å². The first-order valence-electron chi connectivity index (χ1n) is 7.51. The Morgan fingerprint density at radius 1 is 1.08 bits per heavy atom. The molecule has 1 amide bonds. The largest absolute Gasteiger partial charge is 0.497 e. The van der Waals surface area contributed by atoms with E-state index in [-0.39, 0.29) is 17.8 Å². The van der Waals surface area contributed by atoms with Crippen molar-refractivity contribution in [2.75, 3.05) is 7.11 Å². The van der Waals surface area contributed by atoms with Gasteiger partial charge < -0.3 is 14.5 Å². The molecule has 6 nitrogen and oxygen atoms in total. The van der Waals surface area contributed by atoms with Gasteiger partial charge in [-0.1, -0.05) is 30.3 Å². The predicted octanol–water partition coefficient (Wildman–Crippen LogP) is 3.24. The van der Waals surface area contributed by atoms with Crippen LogP contribution in [0, 0.1) is 0 Å². The van der Waals surface area contributed by atoms with Crippen LogP contribution >= 0.6 is 0 Å². The Hall–Kier alpha value is -3.15. The average molecular weight is 323 g/mol. The van der Waals surface area contributed by atoms with Gasteiger partial charge in [-0.15, -0.1) is 10.2 Å². The molecule has 0 bridgehead atoms. The first-order chi connectivity index (χ1) is 11.7. The number of amides is 1. The van der Waals surface area contributed by atoms with Gasteiger partial charge in [0.25, 0.3) is 0 Å². The Morgan fingerprint density at radius 2 is 1.79 bits per heavy atom. The van der Waals surface area contributed by atoms with Gasteiger partial charge in [0, 0.05) is 5.56 Å². The first-order valence-corrected chi connectivity index (χ1v) is 7.51. The lowest BCUT2D eigenvalue weighted by Crippen LogP contribution is -2.26. The molecule has 0 unspecified atom stereocenters. The number of rotatable bonds is 5. The Kier molecular flexibility index (Phi) is 4.56. The molecule has 1 heterocycles. The van der Waals surface area contributed by atoms with Crippen LogP contribution in [0.15, 0.2) is 59.0 Å².